The highest BCUT2D eigenvalue weighted by Gasteiger charge is 2.12. The second kappa shape index (κ2) is 4.35. The van der Waals surface area contributed by atoms with Gasteiger partial charge in [-0.1, -0.05) is 6.08 Å². The second-order valence-corrected chi connectivity index (χ2v) is 5.60. The Hall–Kier alpha value is 0.510. The first kappa shape index (κ1) is 9.51. The van der Waals surface area contributed by atoms with Crippen LogP contribution < -0.4 is 0 Å². The van der Waals surface area contributed by atoms with Crippen LogP contribution in [0.15, 0.2) is 12.7 Å². The Labute approximate surface area is 63.8 Å². The molecule has 2 nitrogen and oxygen atoms in total. The van der Waals surface area contributed by atoms with Crippen molar-refractivity contribution in [1.82, 2.24) is 0 Å². The molecule has 0 spiro atoms. The minimum atomic E-state index is -3.30. The molecule has 0 radical (unpaired) electrons. The van der Waals surface area contributed by atoms with E-state index in [1.807, 2.05) is 0 Å². The highest BCUT2D eigenvalue weighted by molar-refractivity contribution is 8.05. The molecular weight excluding hydrogens is 182 g/mol. The molecular formula is C4H7Cl2O2P. The fraction of sp³-hybridized carbons (Fsp3) is 0.500. The van der Waals surface area contributed by atoms with Crippen molar-refractivity contribution in [1.29, 1.82) is 0 Å². The average Bonchev–Trinajstić information content (AvgIpc) is 1.63. The first-order valence-electron chi connectivity index (χ1n) is 2.31. The summed E-state index contributed by atoms with van der Waals surface area (Å²) in [5.74, 6) is 0. The highest BCUT2D eigenvalue weighted by atomic mass is 35.9. The SMILES string of the molecule is C=CCCOP(=O)(Cl)Cl. The molecule has 5 heteroatoms. The van der Waals surface area contributed by atoms with Crippen LogP contribution in [0.4, 0.5) is 0 Å². The van der Waals surface area contributed by atoms with Gasteiger partial charge in [-0.15, -0.1) is 6.58 Å². The standard InChI is InChI=1S/C4H7Cl2O2P/c1-2-3-4-8-9(5,6)7/h2H,1,3-4H2. The summed E-state index contributed by atoms with van der Waals surface area (Å²) in [6.45, 7) is 3.68. The topological polar surface area (TPSA) is 26.3 Å². The zero-order valence-electron chi connectivity index (χ0n) is 4.72. The maximum absolute atomic E-state index is 10.4. The molecule has 0 amide bonds. The van der Waals surface area contributed by atoms with Gasteiger partial charge in [-0.25, -0.2) is 0 Å². The Morgan fingerprint density at radius 2 is 2.22 bits per heavy atom. The lowest BCUT2D eigenvalue weighted by Crippen LogP contribution is -1.82. The monoisotopic (exact) mass is 188 g/mol. The minimum absolute atomic E-state index is 0.258. The third-order valence-electron chi connectivity index (χ3n) is 0.564. The van der Waals surface area contributed by atoms with E-state index in [2.05, 4.69) is 11.1 Å². The van der Waals surface area contributed by atoms with Crippen molar-refractivity contribution in [2.75, 3.05) is 6.61 Å². The molecule has 0 aromatic heterocycles. The van der Waals surface area contributed by atoms with Gasteiger partial charge in [0.15, 0.2) is 0 Å². The van der Waals surface area contributed by atoms with Gasteiger partial charge in [0, 0.05) is 0 Å². The van der Waals surface area contributed by atoms with Gasteiger partial charge in [0.25, 0.3) is 0 Å². The summed E-state index contributed by atoms with van der Waals surface area (Å²) in [6.07, 6.45) is -1.07. The van der Waals surface area contributed by atoms with Crippen LogP contribution in [0.3, 0.4) is 0 Å². The third-order valence-corrected chi connectivity index (χ3v) is 1.63. The Balaban J connectivity index is 3.28. The lowest BCUT2D eigenvalue weighted by molar-refractivity contribution is 0.341. The van der Waals surface area contributed by atoms with Crippen LogP contribution >= 0.6 is 28.6 Å². The molecule has 0 atom stereocenters. The van der Waals surface area contributed by atoms with E-state index in [1.54, 1.807) is 6.08 Å². The fourth-order valence-electron chi connectivity index (χ4n) is 0.242. The van der Waals surface area contributed by atoms with Crippen molar-refractivity contribution < 1.29 is 9.09 Å². The van der Waals surface area contributed by atoms with E-state index in [9.17, 15) is 4.57 Å². The Kier molecular flexibility index (Phi) is 4.59. The van der Waals surface area contributed by atoms with Crippen molar-refractivity contribution >= 4 is 28.6 Å². The Bertz CT molecular complexity index is 131. The van der Waals surface area contributed by atoms with E-state index in [1.165, 1.54) is 0 Å². The molecule has 0 aliphatic rings. The molecule has 9 heavy (non-hydrogen) atoms. The van der Waals surface area contributed by atoms with Gasteiger partial charge in [0.05, 0.1) is 6.61 Å². The van der Waals surface area contributed by atoms with Gasteiger partial charge in [-0.3, -0.25) is 4.57 Å². The quantitative estimate of drug-likeness (QED) is 0.385. The summed E-state index contributed by atoms with van der Waals surface area (Å²) in [5.41, 5.74) is 0. The van der Waals surface area contributed by atoms with Gasteiger partial charge >= 0.3 is 6.07 Å². The number of hydrogen-bond acceptors (Lipinski definition) is 2. The predicted octanol–water partition coefficient (Wildman–Crippen LogP) is 3.16. The van der Waals surface area contributed by atoms with Crippen molar-refractivity contribution in [2.45, 2.75) is 6.42 Å². The predicted molar refractivity (Wildman–Crippen MR) is 40.1 cm³/mol. The zero-order chi connectivity index (χ0) is 7.33. The molecule has 0 fully saturated rings. The average molecular weight is 189 g/mol. The molecule has 0 N–H and O–H groups in total. The number of halogens is 2. The molecule has 0 saturated heterocycles. The molecule has 0 aromatic carbocycles. The molecule has 0 rings (SSSR count). The molecule has 0 saturated carbocycles. The molecule has 0 bridgehead atoms. The van der Waals surface area contributed by atoms with Crippen LogP contribution in [-0.4, -0.2) is 6.61 Å². The lowest BCUT2D eigenvalue weighted by atomic mass is 10.5. The minimum Gasteiger partial charge on any atom is -0.306 e. The van der Waals surface area contributed by atoms with Gasteiger partial charge in [0.1, 0.15) is 0 Å². The van der Waals surface area contributed by atoms with Crippen LogP contribution in [0, 0.1) is 0 Å². The molecule has 0 aliphatic carbocycles. The lowest BCUT2D eigenvalue weighted by Gasteiger charge is -1.99. The summed E-state index contributed by atoms with van der Waals surface area (Å²) < 4.78 is 14.8. The van der Waals surface area contributed by atoms with Crippen LogP contribution in [0.2, 0.25) is 0 Å². The van der Waals surface area contributed by atoms with E-state index >= 15 is 0 Å². The number of rotatable bonds is 4. The first-order valence-corrected chi connectivity index (χ1v) is 5.74. The van der Waals surface area contributed by atoms with Crippen molar-refractivity contribution in [3.63, 3.8) is 0 Å². The second-order valence-electron chi connectivity index (χ2n) is 1.33. The molecule has 54 valence electrons. The van der Waals surface area contributed by atoms with Gasteiger partial charge in [0.2, 0.25) is 0 Å². The maximum atomic E-state index is 10.4. The smallest absolute Gasteiger partial charge is 0.306 e. The maximum Gasteiger partial charge on any atom is 0.380 e. The summed E-state index contributed by atoms with van der Waals surface area (Å²) in [5, 5.41) is 0. The third kappa shape index (κ3) is 8.51. The molecule has 0 aromatic rings. The van der Waals surface area contributed by atoms with E-state index in [0.717, 1.165) is 0 Å². The largest absolute Gasteiger partial charge is 0.380 e. The van der Waals surface area contributed by atoms with E-state index < -0.39 is 6.07 Å². The van der Waals surface area contributed by atoms with E-state index in [4.69, 9.17) is 22.5 Å². The van der Waals surface area contributed by atoms with Crippen LogP contribution in [-0.2, 0) is 9.09 Å². The summed E-state index contributed by atoms with van der Waals surface area (Å²) in [7, 11) is 0. The molecule has 0 unspecified atom stereocenters. The molecule has 0 heterocycles. The summed E-state index contributed by atoms with van der Waals surface area (Å²) in [4.78, 5) is 0. The van der Waals surface area contributed by atoms with Gasteiger partial charge < -0.3 is 4.52 Å². The Morgan fingerprint density at radius 1 is 1.67 bits per heavy atom. The van der Waals surface area contributed by atoms with Crippen LogP contribution in [0.5, 0.6) is 0 Å². The van der Waals surface area contributed by atoms with Gasteiger partial charge in [-0.2, -0.15) is 0 Å². The Morgan fingerprint density at radius 3 is 2.56 bits per heavy atom. The van der Waals surface area contributed by atoms with Crippen LogP contribution in [0.1, 0.15) is 6.42 Å². The summed E-state index contributed by atoms with van der Waals surface area (Å²) in [6, 6.07) is 0. The van der Waals surface area contributed by atoms with Crippen molar-refractivity contribution in [2.24, 2.45) is 0 Å². The van der Waals surface area contributed by atoms with Crippen molar-refractivity contribution in [3.8, 4) is 0 Å². The van der Waals surface area contributed by atoms with Crippen LogP contribution in [0.25, 0.3) is 0 Å². The zero-order valence-corrected chi connectivity index (χ0v) is 7.12. The molecule has 0 aliphatic heterocycles. The normalized spacial score (nSPS) is 11.3. The fourth-order valence-corrected chi connectivity index (χ4v) is 0.974. The van der Waals surface area contributed by atoms with Gasteiger partial charge in [-0.05, 0) is 28.9 Å². The number of hydrogen-bond donors (Lipinski definition) is 0. The summed E-state index contributed by atoms with van der Waals surface area (Å²) >= 11 is 10.1. The first-order chi connectivity index (χ1) is 4.06. The highest BCUT2D eigenvalue weighted by Crippen LogP contribution is 2.57. The van der Waals surface area contributed by atoms with E-state index in [-0.39, 0.29) is 6.61 Å². The van der Waals surface area contributed by atoms with Crippen molar-refractivity contribution in [3.05, 3.63) is 12.7 Å². The van der Waals surface area contributed by atoms with E-state index in [0.29, 0.717) is 6.42 Å².